The van der Waals surface area contributed by atoms with E-state index < -0.39 is 6.10 Å². The lowest BCUT2D eigenvalue weighted by Crippen LogP contribution is -2.30. The lowest BCUT2D eigenvalue weighted by molar-refractivity contribution is -0.167. The maximum absolute atomic E-state index is 12.8. The number of esters is 3. The molecule has 0 aliphatic carbocycles. The smallest absolute Gasteiger partial charge is 0.306 e. The molecule has 6 heteroatoms. The SMILES string of the molecule is CCCCCCCCCCCCCCCCCCCCC(=O)OC[C@H](COC(=O)CCCCCCCCCCCCC(C)C)OC(=O)CCCCCCCCCCC(C)CC. The Hall–Kier alpha value is -1.59. The van der Waals surface area contributed by atoms with Crippen LogP contribution in [-0.2, 0) is 28.6 Å². The van der Waals surface area contributed by atoms with Crippen molar-refractivity contribution in [1.29, 1.82) is 0 Å². The minimum absolute atomic E-state index is 0.0638. The van der Waals surface area contributed by atoms with Crippen molar-refractivity contribution in [3.63, 3.8) is 0 Å². The lowest BCUT2D eigenvalue weighted by Gasteiger charge is -2.18. The third-order valence-corrected chi connectivity index (χ3v) is 12.8. The van der Waals surface area contributed by atoms with Gasteiger partial charge in [0.25, 0.3) is 0 Å². The average Bonchev–Trinajstić information content (AvgIpc) is 3.24. The first-order chi connectivity index (χ1) is 29.8. The van der Waals surface area contributed by atoms with E-state index in [-0.39, 0.29) is 31.1 Å². The molecule has 61 heavy (non-hydrogen) atoms. The van der Waals surface area contributed by atoms with Gasteiger partial charge < -0.3 is 14.2 Å². The fourth-order valence-electron chi connectivity index (χ4n) is 8.31. The Bertz CT molecular complexity index is 933. The molecule has 0 spiro atoms. The van der Waals surface area contributed by atoms with Gasteiger partial charge in [0.2, 0.25) is 0 Å². The number of ether oxygens (including phenoxy) is 3. The van der Waals surface area contributed by atoms with Gasteiger partial charge in [-0.05, 0) is 31.1 Å². The predicted octanol–water partition coefficient (Wildman–Crippen LogP) is 17.7. The van der Waals surface area contributed by atoms with Crippen molar-refractivity contribution in [3.8, 4) is 0 Å². The molecule has 6 nitrogen and oxygen atoms in total. The highest BCUT2D eigenvalue weighted by atomic mass is 16.6. The minimum Gasteiger partial charge on any atom is -0.462 e. The van der Waals surface area contributed by atoms with Crippen LogP contribution in [0, 0.1) is 11.8 Å². The van der Waals surface area contributed by atoms with Crippen molar-refractivity contribution in [2.24, 2.45) is 11.8 Å². The third kappa shape index (κ3) is 47.7. The fourth-order valence-corrected chi connectivity index (χ4v) is 8.31. The molecule has 2 atom stereocenters. The first-order valence-electron chi connectivity index (χ1n) is 27.3. The van der Waals surface area contributed by atoms with Gasteiger partial charge in [-0.25, -0.2) is 0 Å². The molecule has 0 heterocycles. The summed E-state index contributed by atoms with van der Waals surface area (Å²) in [4.78, 5) is 38.0. The molecule has 0 radical (unpaired) electrons. The van der Waals surface area contributed by atoms with E-state index in [1.54, 1.807) is 0 Å². The molecule has 0 aromatic carbocycles. The van der Waals surface area contributed by atoms with Crippen molar-refractivity contribution < 1.29 is 28.6 Å². The zero-order chi connectivity index (χ0) is 44.7. The Labute approximate surface area is 380 Å². The van der Waals surface area contributed by atoms with Gasteiger partial charge in [0.05, 0.1) is 0 Å². The zero-order valence-corrected chi connectivity index (χ0v) is 41.8. The van der Waals surface area contributed by atoms with E-state index in [2.05, 4.69) is 34.6 Å². The summed E-state index contributed by atoms with van der Waals surface area (Å²) in [6, 6.07) is 0. The topological polar surface area (TPSA) is 78.9 Å². The van der Waals surface area contributed by atoms with E-state index in [1.165, 1.54) is 193 Å². The number of hydrogen-bond donors (Lipinski definition) is 0. The van der Waals surface area contributed by atoms with Crippen LogP contribution < -0.4 is 0 Å². The van der Waals surface area contributed by atoms with Crippen LogP contribution in [0.3, 0.4) is 0 Å². The second-order valence-corrected chi connectivity index (χ2v) is 19.6. The molecule has 362 valence electrons. The van der Waals surface area contributed by atoms with E-state index in [0.29, 0.717) is 19.3 Å². The van der Waals surface area contributed by atoms with Gasteiger partial charge >= 0.3 is 17.9 Å². The Morgan fingerprint density at radius 1 is 0.344 bits per heavy atom. The predicted molar refractivity (Wildman–Crippen MR) is 261 cm³/mol. The van der Waals surface area contributed by atoms with E-state index in [4.69, 9.17) is 14.2 Å². The summed E-state index contributed by atoms with van der Waals surface area (Å²) >= 11 is 0. The number of carbonyl (C=O) groups is 3. The lowest BCUT2D eigenvalue weighted by atomic mass is 9.99. The molecular formula is C55H106O6. The average molecular weight is 863 g/mol. The summed E-state index contributed by atoms with van der Waals surface area (Å²) in [5.41, 5.74) is 0. The van der Waals surface area contributed by atoms with Crippen molar-refractivity contribution in [1.82, 2.24) is 0 Å². The second kappa shape index (κ2) is 47.9. The van der Waals surface area contributed by atoms with Gasteiger partial charge in [0.1, 0.15) is 13.2 Å². The van der Waals surface area contributed by atoms with Gasteiger partial charge in [0.15, 0.2) is 6.10 Å². The van der Waals surface area contributed by atoms with Gasteiger partial charge in [-0.2, -0.15) is 0 Å². The molecule has 0 amide bonds. The maximum Gasteiger partial charge on any atom is 0.306 e. The van der Waals surface area contributed by atoms with Crippen LogP contribution in [0.2, 0.25) is 0 Å². The molecule has 1 unspecified atom stereocenters. The van der Waals surface area contributed by atoms with Crippen LogP contribution in [0.15, 0.2) is 0 Å². The van der Waals surface area contributed by atoms with Crippen molar-refractivity contribution in [2.45, 2.75) is 310 Å². The highest BCUT2D eigenvalue weighted by molar-refractivity contribution is 5.71. The van der Waals surface area contributed by atoms with Gasteiger partial charge in [-0.1, -0.05) is 266 Å². The maximum atomic E-state index is 12.8. The van der Waals surface area contributed by atoms with Crippen LogP contribution in [0.4, 0.5) is 0 Å². The first kappa shape index (κ1) is 59.4. The van der Waals surface area contributed by atoms with Crippen LogP contribution in [0.25, 0.3) is 0 Å². The number of unbranched alkanes of at least 4 members (excludes halogenated alkanes) is 33. The quantitative estimate of drug-likeness (QED) is 0.0344. The molecule has 0 bridgehead atoms. The van der Waals surface area contributed by atoms with Crippen LogP contribution in [0.5, 0.6) is 0 Å². The van der Waals surface area contributed by atoms with Gasteiger partial charge in [-0.3, -0.25) is 14.4 Å². The molecular weight excluding hydrogens is 757 g/mol. The Balaban J connectivity index is 4.28. The molecule has 0 fully saturated rings. The largest absolute Gasteiger partial charge is 0.462 e. The van der Waals surface area contributed by atoms with Crippen molar-refractivity contribution in [3.05, 3.63) is 0 Å². The summed E-state index contributed by atoms with van der Waals surface area (Å²) in [5, 5.41) is 0. The van der Waals surface area contributed by atoms with Gasteiger partial charge in [-0.15, -0.1) is 0 Å². The Kier molecular flexibility index (Phi) is 46.6. The Morgan fingerprint density at radius 3 is 0.934 bits per heavy atom. The number of carbonyl (C=O) groups excluding carboxylic acids is 3. The number of hydrogen-bond acceptors (Lipinski definition) is 6. The highest BCUT2D eigenvalue weighted by Gasteiger charge is 2.19. The van der Waals surface area contributed by atoms with E-state index in [1.807, 2.05) is 0 Å². The van der Waals surface area contributed by atoms with Crippen molar-refractivity contribution in [2.75, 3.05) is 13.2 Å². The summed E-state index contributed by atoms with van der Waals surface area (Å²) in [6.45, 7) is 11.4. The normalized spacial score (nSPS) is 12.5. The molecule has 0 N–H and O–H groups in total. The fraction of sp³-hybridized carbons (Fsp3) is 0.945. The second-order valence-electron chi connectivity index (χ2n) is 19.6. The molecule has 0 saturated carbocycles. The molecule has 0 rings (SSSR count). The highest BCUT2D eigenvalue weighted by Crippen LogP contribution is 2.18. The van der Waals surface area contributed by atoms with Crippen LogP contribution in [0.1, 0.15) is 304 Å². The molecule has 0 aliphatic rings. The van der Waals surface area contributed by atoms with E-state index in [0.717, 1.165) is 69.6 Å². The third-order valence-electron chi connectivity index (χ3n) is 12.8. The van der Waals surface area contributed by atoms with Crippen LogP contribution in [-0.4, -0.2) is 37.2 Å². The van der Waals surface area contributed by atoms with Crippen LogP contribution >= 0.6 is 0 Å². The summed E-state index contributed by atoms with van der Waals surface area (Å²) < 4.78 is 16.8. The molecule has 0 aliphatic heterocycles. The first-order valence-corrected chi connectivity index (χ1v) is 27.3. The molecule has 0 saturated heterocycles. The van der Waals surface area contributed by atoms with Gasteiger partial charge in [0, 0.05) is 19.3 Å². The van der Waals surface area contributed by atoms with E-state index in [9.17, 15) is 14.4 Å². The monoisotopic (exact) mass is 863 g/mol. The molecule has 0 aromatic rings. The zero-order valence-electron chi connectivity index (χ0n) is 41.8. The Morgan fingerprint density at radius 2 is 0.623 bits per heavy atom. The minimum atomic E-state index is -0.762. The molecule has 0 aromatic heterocycles. The number of rotatable bonds is 49. The van der Waals surface area contributed by atoms with E-state index >= 15 is 0 Å². The summed E-state index contributed by atoms with van der Waals surface area (Å²) in [7, 11) is 0. The van der Waals surface area contributed by atoms with Crippen molar-refractivity contribution >= 4 is 17.9 Å². The summed E-state index contributed by atoms with van der Waals surface area (Å²) in [6.07, 6.45) is 49.5. The standard InChI is InChI=1S/C55H106O6/c1-6-8-9-10-11-12-13-14-15-16-17-18-19-20-24-30-35-40-45-53(56)59-48-52(61-55(58)47-42-37-32-27-26-29-34-39-44-51(5)7-2)49-60-54(57)46-41-36-31-25-22-21-23-28-33-38-43-50(3)4/h50-52H,6-49H2,1-5H3/t51?,52-/m1/s1. The summed E-state index contributed by atoms with van der Waals surface area (Å²) in [5.74, 6) is 0.816.